The number of hydrogen-bond acceptors (Lipinski definition) is 2. The summed E-state index contributed by atoms with van der Waals surface area (Å²) in [5.41, 5.74) is 5.63. The van der Waals surface area contributed by atoms with E-state index in [1.165, 1.54) is 10.1 Å². The van der Waals surface area contributed by atoms with Gasteiger partial charge in [-0.2, -0.15) is 0 Å². The zero-order valence-corrected chi connectivity index (χ0v) is 15.5. The highest BCUT2D eigenvalue weighted by Gasteiger charge is 2.26. The maximum absolute atomic E-state index is 6.43. The third-order valence-corrected chi connectivity index (χ3v) is 5.52. The number of fused-ring (bicyclic) bond motifs is 1. The number of nitrogens with one attached hydrogen (secondary N) is 2. The summed E-state index contributed by atoms with van der Waals surface area (Å²) in [7, 11) is 0. The molecule has 22 heavy (non-hydrogen) atoms. The first-order chi connectivity index (χ1) is 10.5. The molecule has 1 aliphatic carbocycles. The molecule has 2 N–H and O–H groups in total. The molecule has 1 atom stereocenters. The number of halogens is 3. The third-order valence-electron chi connectivity index (χ3n) is 4.16. The molecule has 1 aromatic carbocycles. The summed E-state index contributed by atoms with van der Waals surface area (Å²) in [6.07, 6.45) is 4.27. The van der Waals surface area contributed by atoms with Crippen molar-refractivity contribution in [2.45, 2.75) is 32.7 Å². The van der Waals surface area contributed by atoms with Gasteiger partial charge in [0.25, 0.3) is 0 Å². The molecule has 0 amide bonds. The van der Waals surface area contributed by atoms with E-state index in [1.807, 2.05) is 12.1 Å². The molecule has 116 valence electrons. The molecule has 5 heteroatoms. The summed E-state index contributed by atoms with van der Waals surface area (Å²) in [6.45, 7) is 4.22. The minimum Gasteiger partial charge on any atom is -0.372 e. The van der Waals surface area contributed by atoms with E-state index >= 15 is 0 Å². The molecule has 1 heterocycles. The van der Waals surface area contributed by atoms with E-state index in [2.05, 4.69) is 46.5 Å². The van der Waals surface area contributed by atoms with Gasteiger partial charge in [-0.1, -0.05) is 51.3 Å². The molecule has 2 nitrogen and oxygen atoms in total. The lowest BCUT2D eigenvalue weighted by atomic mass is 9.98. The molecule has 2 aliphatic rings. The molecule has 1 aromatic rings. The van der Waals surface area contributed by atoms with Crippen molar-refractivity contribution in [2.24, 2.45) is 0 Å². The zero-order valence-electron chi connectivity index (χ0n) is 12.4. The van der Waals surface area contributed by atoms with Crippen LogP contribution in [0.15, 0.2) is 51.4 Å². The van der Waals surface area contributed by atoms with Crippen molar-refractivity contribution < 1.29 is 0 Å². The molecular weight excluding hydrogens is 383 g/mol. The van der Waals surface area contributed by atoms with E-state index in [0.717, 1.165) is 35.5 Å². The number of benzene rings is 1. The fourth-order valence-corrected chi connectivity index (χ4v) is 3.88. The monoisotopic (exact) mass is 398 g/mol. The van der Waals surface area contributed by atoms with Crippen molar-refractivity contribution in [3.05, 3.63) is 67.0 Å². The number of allylic oxidation sites excluding steroid dienone is 3. The van der Waals surface area contributed by atoms with E-state index in [0.29, 0.717) is 10.0 Å². The van der Waals surface area contributed by atoms with Gasteiger partial charge in [-0.05, 0) is 50.0 Å². The van der Waals surface area contributed by atoms with Gasteiger partial charge in [-0.3, -0.25) is 0 Å². The fraction of sp³-hybridized carbons (Fsp3) is 0.294. The molecule has 0 aromatic heterocycles. The van der Waals surface area contributed by atoms with Crippen LogP contribution in [0.1, 0.15) is 38.3 Å². The molecule has 0 saturated heterocycles. The van der Waals surface area contributed by atoms with Crippen molar-refractivity contribution in [1.82, 2.24) is 10.6 Å². The number of rotatable bonds is 1. The summed E-state index contributed by atoms with van der Waals surface area (Å²) in [6, 6.07) is 5.68. The fourth-order valence-electron chi connectivity index (χ4n) is 2.80. The van der Waals surface area contributed by atoms with Gasteiger partial charge >= 0.3 is 0 Å². The van der Waals surface area contributed by atoms with Crippen molar-refractivity contribution in [1.29, 1.82) is 0 Å². The first kappa shape index (κ1) is 16.0. The zero-order chi connectivity index (χ0) is 15.9. The number of hydrogen-bond donors (Lipinski definition) is 2. The molecule has 0 saturated carbocycles. The van der Waals surface area contributed by atoms with Gasteiger partial charge in [0.15, 0.2) is 0 Å². The van der Waals surface area contributed by atoms with E-state index in [9.17, 15) is 0 Å². The molecule has 0 bridgehead atoms. The minimum absolute atomic E-state index is 0.0174. The van der Waals surface area contributed by atoms with E-state index in [1.54, 1.807) is 6.07 Å². The Labute approximate surface area is 149 Å². The van der Waals surface area contributed by atoms with Crippen LogP contribution in [0.5, 0.6) is 0 Å². The van der Waals surface area contributed by atoms with Crippen LogP contribution in [0.3, 0.4) is 0 Å². The quantitative estimate of drug-likeness (QED) is 0.622. The van der Waals surface area contributed by atoms with E-state index in [4.69, 9.17) is 23.2 Å². The highest BCUT2D eigenvalue weighted by atomic mass is 79.9. The molecule has 0 fully saturated rings. The second-order valence-corrected chi connectivity index (χ2v) is 7.41. The predicted octanol–water partition coefficient (Wildman–Crippen LogP) is 5.81. The molecule has 3 rings (SSSR count). The first-order valence-corrected chi connectivity index (χ1v) is 8.77. The lowest BCUT2D eigenvalue weighted by molar-refractivity contribution is 0.680. The van der Waals surface area contributed by atoms with Gasteiger partial charge in [-0.15, -0.1) is 0 Å². The maximum Gasteiger partial charge on any atom is 0.0759 e. The summed E-state index contributed by atoms with van der Waals surface area (Å²) >= 11 is 16.2. The SMILES string of the molecule is CC1=C(C)C(c2ccc(Cl)cc2Cl)NC2=C(Br)CCC=C2N1. The first-order valence-electron chi connectivity index (χ1n) is 7.22. The Kier molecular flexibility index (Phi) is 4.58. The normalized spacial score (nSPS) is 21.7. The van der Waals surface area contributed by atoms with Crippen molar-refractivity contribution in [3.63, 3.8) is 0 Å². The molecule has 0 radical (unpaired) electrons. The average molecular weight is 400 g/mol. The molecule has 0 spiro atoms. The Balaban J connectivity index is 2.09. The van der Waals surface area contributed by atoms with E-state index in [-0.39, 0.29) is 6.04 Å². The Hall–Kier alpha value is -0.900. The second kappa shape index (κ2) is 6.31. The lowest BCUT2D eigenvalue weighted by Gasteiger charge is -2.24. The summed E-state index contributed by atoms with van der Waals surface area (Å²) in [5, 5.41) is 8.48. The minimum atomic E-state index is 0.0174. The van der Waals surface area contributed by atoms with Gasteiger partial charge in [0, 0.05) is 20.2 Å². The van der Waals surface area contributed by atoms with Gasteiger partial charge in [0.05, 0.1) is 17.4 Å². The molecular formula is C17H17BrCl2N2. The van der Waals surface area contributed by atoms with Crippen LogP contribution in [0, 0.1) is 0 Å². The standard InChI is InChI=1S/C17H17BrCl2N2/c1-9-10(2)21-15-5-3-4-13(18)17(15)22-16(9)12-7-6-11(19)8-14(12)20/h5-8,16,21-22H,3-4H2,1-2H3. The summed E-state index contributed by atoms with van der Waals surface area (Å²) in [4.78, 5) is 0. The van der Waals surface area contributed by atoms with Crippen molar-refractivity contribution >= 4 is 39.1 Å². The van der Waals surface area contributed by atoms with Crippen LogP contribution >= 0.6 is 39.1 Å². The van der Waals surface area contributed by atoms with E-state index < -0.39 is 0 Å². The lowest BCUT2D eigenvalue weighted by Crippen LogP contribution is -2.24. The Morgan fingerprint density at radius 3 is 2.73 bits per heavy atom. The van der Waals surface area contributed by atoms with Gasteiger partial charge in [0.1, 0.15) is 0 Å². The van der Waals surface area contributed by atoms with Crippen LogP contribution in [-0.2, 0) is 0 Å². The summed E-state index contributed by atoms with van der Waals surface area (Å²) < 4.78 is 1.19. The summed E-state index contributed by atoms with van der Waals surface area (Å²) in [5.74, 6) is 0. The van der Waals surface area contributed by atoms with Crippen LogP contribution in [0.2, 0.25) is 10.0 Å². The largest absolute Gasteiger partial charge is 0.372 e. The Bertz CT molecular complexity index is 719. The van der Waals surface area contributed by atoms with Gasteiger partial charge in [0.2, 0.25) is 0 Å². The van der Waals surface area contributed by atoms with Gasteiger partial charge in [-0.25, -0.2) is 0 Å². The Morgan fingerprint density at radius 2 is 2.00 bits per heavy atom. The second-order valence-electron chi connectivity index (χ2n) is 5.61. The van der Waals surface area contributed by atoms with Crippen LogP contribution < -0.4 is 10.6 Å². The van der Waals surface area contributed by atoms with Crippen LogP contribution in [0.25, 0.3) is 0 Å². The maximum atomic E-state index is 6.43. The Morgan fingerprint density at radius 1 is 1.23 bits per heavy atom. The van der Waals surface area contributed by atoms with Crippen LogP contribution in [0.4, 0.5) is 0 Å². The third kappa shape index (κ3) is 2.94. The van der Waals surface area contributed by atoms with Gasteiger partial charge < -0.3 is 10.6 Å². The average Bonchev–Trinajstić information content (AvgIpc) is 2.58. The highest BCUT2D eigenvalue weighted by molar-refractivity contribution is 9.11. The highest BCUT2D eigenvalue weighted by Crippen LogP contribution is 2.37. The molecule has 1 aliphatic heterocycles. The predicted molar refractivity (Wildman–Crippen MR) is 97.1 cm³/mol. The smallest absolute Gasteiger partial charge is 0.0759 e. The topological polar surface area (TPSA) is 24.1 Å². The van der Waals surface area contributed by atoms with Crippen LogP contribution in [-0.4, -0.2) is 0 Å². The van der Waals surface area contributed by atoms with Crippen molar-refractivity contribution in [2.75, 3.05) is 0 Å². The molecule has 1 unspecified atom stereocenters. The van der Waals surface area contributed by atoms with Crippen molar-refractivity contribution in [3.8, 4) is 0 Å².